The summed E-state index contributed by atoms with van der Waals surface area (Å²) < 4.78 is 25.4. The third-order valence-electron chi connectivity index (χ3n) is 1.79. The monoisotopic (exact) mass is 268 g/mol. The summed E-state index contributed by atoms with van der Waals surface area (Å²) in [4.78, 5) is 12.8. The number of aliphatic hydroxyl groups is 2. The minimum atomic E-state index is -3.88. The van der Waals surface area contributed by atoms with E-state index in [0.29, 0.717) is 11.3 Å². The molecule has 16 heavy (non-hydrogen) atoms. The van der Waals surface area contributed by atoms with Crippen LogP contribution in [0.1, 0.15) is 5.69 Å². The fraction of sp³-hybridized carbons (Fsp3) is 0.571. The van der Waals surface area contributed by atoms with Crippen LogP contribution >= 0.6 is 11.3 Å². The van der Waals surface area contributed by atoms with E-state index in [1.165, 1.54) is 6.92 Å². The van der Waals surface area contributed by atoms with Crippen LogP contribution in [0.2, 0.25) is 0 Å². The van der Waals surface area contributed by atoms with Gasteiger partial charge in [-0.3, -0.25) is 4.79 Å². The Labute approximate surface area is 95.8 Å². The highest BCUT2D eigenvalue weighted by Crippen LogP contribution is 2.15. The molecule has 0 aromatic carbocycles. The second kappa shape index (κ2) is 5.06. The van der Waals surface area contributed by atoms with Crippen molar-refractivity contribution in [3.8, 4) is 0 Å². The van der Waals surface area contributed by atoms with Crippen LogP contribution in [0.15, 0.2) is 9.00 Å². The minimum absolute atomic E-state index is 0.135. The summed E-state index contributed by atoms with van der Waals surface area (Å²) in [6.07, 6.45) is 0. The Bertz CT molecular complexity index is 499. The molecule has 0 aliphatic carbocycles. The Balaban J connectivity index is 3.03. The Morgan fingerprint density at radius 3 is 2.38 bits per heavy atom. The summed E-state index contributed by atoms with van der Waals surface area (Å²) in [7, 11) is -3.88. The van der Waals surface area contributed by atoms with Gasteiger partial charge in [0.15, 0.2) is 4.21 Å². The summed E-state index contributed by atoms with van der Waals surface area (Å²) in [6, 6.07) is -0.971. The standard InChI is InChI=1S/C7H12N2O5S2/c1-4-6(15-7(12)8-4)16(13,14)9-5(2-10)3-11/h5,9-11H,2-3H2,1H3,(H,8,12). The molecular formula is C7H12N2O5S2. The van der Waals surface area contributed by atoms with Crippen LogP contribution < -0.4 is 9.60 Å². The van der Waals surface area contributed by atoms with Crippen LogP contribution in [0, 0.1) is 6.92 Å². The van der Waals surface area contributed by atoms with Crippen molar-refractivity contribution in [1.82, 2.24) is 9.71 Å². The molecule has 0 saturated carbocycles. The molecule has 1 heterocycles. The number of nitrogens with one attached hydrogen (secondary N) is 2. The average Bonchev–Trinajstić information content (AvgIpc) is 2.55. The number of hydrogen-bond acceptors (Lipinski definition) is 6. The van der Waals surface area contributed by atoms with Crippen molar-refractivity contribution in [2.24, 2.45) is 0 Å². The van der Waals surface area contributed by atoms with Crippen LogP contribution in [-0.2, 0) is 10.0 Å². The molecule has 0 aliphatic rings. The van der Waals surface area contributed by atoms with E-state index in [1.54, 1.807) is 0 Å². The molecular weight excluding hydrogens is 256 g/mol. The van der Waals surface area contributed by atoms with Crippen molar-refractivity contribution >= 4 is 21.4 Å². The second-order valence-corrected chi connectivity index (χ2v) is 6.00. The predicted octanol–water partition coefficient (Wildman–Crippen LogP) is -1.62. The van der Waals surface area contributed by atoms with Crippen LogP contribution in [0.25, 0.3) is 0 Å². The number of aromatic amines is 1. The molecule has 1 aromatic rings. The van der Waals surface area contributed by atoms with Gasteiger partial charge in [0, 0.05) is 5.69 Å². The van der Waals surface area contributed by atoms with Crippen LogP contribution in [0.5, 0.6) is 0 Å². The van der Waals surface area contributed by atoms with Crippen LogP contribution in [0.4, 0.5) is 0 Å². The SMILES string of the molecule is Cc1[nH]c(=O)sc1S(=O)(=O)NC(CO)CO. The van der Waals surface area contributed by atoms with Gasteiger partial charge < -0.3 is 15.2 Å². The molecule has 1 aromatic heterocycles. The van der Waals surface area contributed by atoms with Gasteiger partial charge in [-0.25, -0.2) is 13.1 Å². The van der Waals surface area contributed by atoms with E-state index in [0.717, 1.165) is 0 Å². The van der Waals surface area contributed by atoms with Gasteiger partial charge in [-0.05, 0) is 6.92 Å². The van der Waals surface area contributed by atoms with Gasteiger partial charge >= 0.3 is 4.87 Å². The van der Waals surface area contributed by atoms with Crippen molar-refractivity contribution in [2.75, 3.05) is 13.2 Å². The van der Waals surface area contributed by atoms with Gasteiger partial charge in [-0.15, -0.1) is 0 Å². The fourth-order valence-corrected chi connectivity index (χ4v) is 3.59. The Hall–Kier alpha value is -0.740. The third-order valence-corrected chi connectivity index (χ3v) is 4.91. The molecule has 0 spiro atoms. The number of H-pyrrole nitrogens is 1. The Kier molecular flexibility index (Phi) is 4.21. The van der Waals surface area contributed by atoms with E-state index in [2.05, 4.69) is 9.71 Å². The number of aliphatic hydroxyl groups excluding tert-OH is 2. The molecule has 0 atom stereocenters. The zero-order valence-electron chi connectivity index (χ0n) is 8.43. The Morgan fingerprint density at radius 1 is 1.44 bits per heavy atom. The largest absolute Gasteiger partial charge is 0.395 e. The molecule has 0 radical (unpaired) electrons. The number of thiazole rings is 1. The van der Waals surface area contributed by atoms with Gasteiger partial charge in [0.1, 0.15) is 0 Å². The minimum Gasteiger partial charge on any atom is -0.395 e. The van der Waals surface area contributed by atoms with Crippen molar-refractivity contribution in [2.45, 2.75) is 17.2 Å². The van der Waals surface area contributed by atoms with E-state index in [-0.39, 0.29) is 9.90 Å². The molecule has 7 nitrogen and oxygen atoms in total. The summed E-state index contributed by atoms with van der Waals surface area (Å²) in [6.45, 7) is 0.418. The highest BCUT2D eigenvalue weighted by molar-refractivity contribution is 7.91. The van der Waals surface area contributed by atoms with Crippen molar-refractivity contribution in [1.29, 1.82) is 0 Å². The highest BCUT2D eigenvalue weighted by atomic mass is 32.2. The number of sulfonamides is 1. The van der Waals surface area contributed by atoms with E-state index < -0.39 is 34.2 Å². The van der Waals surface area contributed by atoms with Gasteiger partial charge in [0.25, 0.3) is 10.0 Å². The maximum Gasteiger partial charge on any atom is 0.305 e. The first kappa shape index (κ1) is 13.3. The Morgan fingerprint density at radius 2 is 2.00 bits per heavy atom. The van der Waals surface area contributed by atoms with E-state index in [4.69, 9.17) is 10.2 Å². The fourth-order valence-electron chi connectivity index (χ4n) is 1.05. The number of aromatic nitrogens is 1. The van der Waals surface area contributed by atoms with Crippen LogP contribution in [-0.4, -0.2) is 42.9 Å². The molecule has 0 bridgehead atoms. The first-order chi connectivity index (χ1) is 7.40. The topological polar surface area (TPSA) is 119 Å². The lowest BCUT2D eigenvalue weighted by Crippen LogP contribution is -2.39. The van der Waals surface area contributed by atoms with E-state index in [1.807, 2.05) is 0 Å². The normalized spacial score (nSPS) is 12.2. The molecule has 0 amide bonds. The van der Waals surface area contributed by atoms with E-state index in [9.17, 15) is 13.2 Å². The molecule has 4 N–H and O–H groups in total. The molecule has 0 aliphatic heterocycles. The lowest BCUT2D eigenvalue weighted by Gasteiger charge is -2.12. The van der Waals surface area contributed by atoms with Crippen molar-refractivity contribution < 1.29 is 18.6 Å². The number of rotatable bonds is 5. The molecule has 1 rings (SSSR count). The van der Waals surface area contributed by atoms with Crippen molar-refractivity contribution in [3.63, 3.8) is 0 Å². The predicted molar refractivity (Wildman–Crippen MR) is 58.0 cm³/mol. The second-order valence-electron chi connectivity index (χ2n) is 3.11. The lowest BCUT2D eigenvalue weighted by atomic mass is 10.4. The summed E-state index contributed by atoms with van der Waals surface area (Å²) >= 11 is 0.559. The van der Waals surface area contributed by atoms with Gasteiger partial charge in [-0.1, -0.05) is 11.3 Å². The van der Waals surface area contributed by atoms with Gasteiger partial charge in [0.05, 0.1) is 19.3 Å². The summed E-state index contributed by atoms with van der Waals surface area (Å²) in [5, 5.41) is 17.5. The number of hydrogen-bond donors (Lipinski definition) is 4. The molecule has 92 valence electrons. The zero-order valence-corrected chi connectivity index (χ0v) is 10.1. The van der Waals surface area contributed by atoms with Gasteiger partial charge in [-0.2, -0.15) is 0 Å². The first-order valence-electron chi connectivity index (χ1n) is 4.34. The molecule has 0 fully saturated rings. The first-order valence-corrected chi connectivity index (χ1v) is 6.64. The van der Waals surface area contributed by atoms with Crippen LogP contribution in [0.3, 0.4) is 0 Å². The lowest BCUT2D eigenvalue weighted by molar-refractivity contribution is 0.185. The third kappa shape index (κ3) is 2.89. The van der Waals surface area contributed by atoms with Crippen molar-refractivity contribution in [3.05, 3.63) is 15.4 Å². The highest BCUT2D eigenvalue weighted by Gasteiger charge is 2.23. The molecule has 9 heteroatoms. The average molecular weight is 268 g/mol. The van der Waals surface area contributed by atoms with Gasteiger partial charge in [0.2, 0.25) is 0 Å². The molecule has 0 unspecified atom stereocenters. The number of aryl methyl sites for hydroxylation is 1. The smallest absolute Gasteiger partial charge is 0.305 e. The maximum absolute atomic E-state index is 11.7. The quantitative estimate of drug-likeness (QED) is 0.511. The maximum atomic E-state index is 11.7. The summed E-state index contributed by atoms with van der Waals surface area (Å²) in [5.74, 6) is 0. The zero-order chi connectivity index (χ0) is 12.3. The van der Waals surface area contributed by atoms with E-state index >= 15 is 0 Å². The molecule has 0 saturated heterocycles. The summed E-state index contributed by atoms with van der Waals surface area (Å²) in [5.41, 5.74) is 0.233.